The minimum absolute atomic E-state index is 0.672. The molecule has 2 aromatic carbocycles. The molecule has 0 heterocycles. The molecular weight excluding hydrogens is 286 g/mol. The Morgan fingerprint density at radius 2 is 1.90 bits per heavy atom. The van der Waals surface area contributed by atoms with E-state index in [1.54, 1.807) is 7.11 Å². The summed E-state index contributed by atoms with van der Waals surface area (Å²) in [6.45, 7) is 0.804. The monoisotopic (exact) mass is 303 g/mol. The van der Waals surface area contributed by atoms with E-state index in [-0.39, 0.29) is 0 Å². The van der Waals surface area contributed by atoms with Gasteiger partial charge in [-0.3, -0.25) is 0 Å². The second-order valence-electron chi connectivity index (χ2n) is 5.16. The molecule has 110 valence electrons. The molecule has 0 saturated heterocycles. The van der Waals surface area contributed by atoms with Crippen LogP contribution >= 0.6 is 11.6 Å². The normalized spacial score (nSPS) is 14.0. The highest BCUT2D eigenvalue weighted by molar-refractivity contribution is 6.31. The minimum Gasteiger partial charge on any atom is -0.493 e. The lowest BCUT2D eigenvalue weighted by molar-refractivity contribution is 0.379. The standard InChI is InChI=1S/C17H18ClNO2/c1-20-16-4-2-3-5-17(16)21-14-9-6-12(15(18)10-14)11-19-13-7-8-13/h2-6,9-10,13,19H,7-8,11H2,1H3. The molecule has 3 rings (SSSR count). The van der Waals surface area contributed by atoms with Crippen molar-refractivity contribution in [1.29, 1.82) is 0 Å². The molecule has 0 spiro atoms. The summed E-state index contributed by atoms with van der Waals surface area (Å²) in [4.78, 5) is 0. The molecular formula is C17H18ClNO2. The summed E-state index contributed by atoms with van der Waals surface area (Å²) in [5, 5.41) is 4.17. The van der Waals surface area contributed by atoms with Crippen molar-refractivity contribution in [2.75, 3.05) is 7.11 Å². The van der Waals surface area contributed by atoms with E-state index in [1.165, 1.54) is 12.8 Å². The number of methoxy groups -OCH3 is 1. The van der Waals surface area contributed by atoms with E-state index in [0.29, 0.717) is 23.3 Å². The molecule has 0 radical (unpaired) electrons. The van der Waals surface area contributed by atoms with Crippen molar-refractivity contribution in [3.8, 4) is 17.2 Å². The smallest absolute Gasteiger partial charge is 0.169 e. The summed E-state index contributed by atoms with van der Waals surface area (Å²) in [6, 6.07) is 14.0. The van der Waals surface area contributed by atoms with Gasteiger partial charge in [-0.1, -0.05) is 29.8 Å². The highest BCUT2D eigenvalue weighted by atomic mass is 35.5. The third-order valence-corrected chi connectivity index (χ3v) is 3.83. The second kappa shape index (κ2) is 6.37. The maximum atomic E-state index is 6.32. The molecule has 4 heteroatoms. The first-order chi connectivity index (χ1) is 10.3. The third-order valence-electron chi connectivity index (χ3n) is 3.48. The Hall–Kier alpha value is -1.71. The van der Waals surface area contributed by atoms with E-state index in [2.05, 4.69) is 5.32 Å². The highest BCUT2D eigenvalue weighted by Crippen LogP contribution is 2.33. The molecule has 3 nitrogen and oxygen atoms in total. The third kappa shape index (κ3) is 3.69. The van der Waals surface area contributed by atoms with Crippen LogP contribution in [0.2, 0.25) is 5.02 Å². The Labute approximate surface area is 129 Å². The van der Waals surface area contributed by atoms with Crippen LogP contribution in [0.5, 0.6) is 17.2 Å². The molecule has 0 aromatic heterocycles. The summed E-state index contributed by atoms with van der Waals surface area (Å²) >= 11 is 6.32. The van der Waals surface area contributed by atoms with Crippen LogP contribution in [0.1, 0.15) is 18.4 Å². The second-order valence-corrected chi connectivity index (χ2v) is 5.57. The number of halogens is 1. The van der Waals surface area contributed by atoms with Gasteiger partial charge in [0.15, 0.2) is 11.5 Å². The molecule has 1 N–H and O–H groups in total. The van der Waals surface area contributed by atoms with E-state index in [0.717, 1.165) is 17.1 Å². The lowest BCUT2D eigenvalue weighted by atomic mass is 10.2. The van der Waals surface area contributed by atoms with Gasteiger partial charge >= 0.3 is 0 Å². The maximum Gasteiger partial charge on any atom is 0.169 e. The fourth-order valence-electron chi connectivity index (χ4n) is 2.11. The number of hydrogen-bond donors (Lipinski definition) is 1. The minimum atomic E-state index is 0.672. The van der Waals surface area contributed by atoms with Crippen molar-refractivity contribution in [2.45, 2.75) is 25.4 Å². The van der Waals surface area contributed by atoms with Crippen molar-refractivity contribution < 1.29 is 9.47 Å². The average molecular weight is 304 g/mol. The molecule has 0 aliphatic heterocycles. The summed E-state index contributed by atoms with van der Waals surface area (Å²) in [5.74, 6) is 2.09. The predicted octanol–water partition coefficient (Wildman–Crippen LogP) is 4.39. The molecule has 1 aliphatic carbocycles. The maximum absolute atomic E-state index is 6.32. The van der Waals surface area contributed by atoms with Crippen LogP contribution in [0.25, 0.3) is 0 Å². The molecule has 2 aromatic rings. The van der Waals surface area contributed by atoms with Crippen molar-refractivity contribution in [2.24, 2.45) is 0 Å². The zero-order chi connectivity index (χ0) is 14.7. The van der Waals surface area contributed by atoms with E-state index < -0.39 is 0 Å². The molecule has 0 atom stereocenters. The van der Waals surface area contributed by atoms with Gasteiger partial charge in [-0.15, -0.1) is 0 Å². The molecule has 0 bridgehead atoms. The summed E-state index contributed by atoms with van der Waals surface area (Å²) in [7, 11) is 1.63. The fourth-order valence-corrected chi connectivity index (χ4v) is 2.34. The molecule has 0 unspecified atom stereocenters. The van der Waals surface area contributed by atoms with Crippen LogP contribution in [-0.4, -0.2) is 13.2 Å². The SMILES string of the molecule is COc1ccccc1Oc1ccc(CNC2CC2)c(Cl)c1. The van der Waals surface area contributed by atoms with E-state index in [1.807, 2.05) is 42.5 Å². The van der Waals surface area contributed by atoms with Gasteiger partial charge in [0.2, 0.25) is 0 Å². The van der Waals surface area contributed by atoms with Gasteiger partial charge in [0.1, 0.15) is 5.75 Å². The van der Waals surface area contributed by atoms with Gasteiger partial charge in [0.25, 0.3) is 0 Å². The van der Waals surface area contributed by atoms with Crippen LogP contribution < -0.4 is 14.8 Å². The first kappa shape index (κ1) is 14.2. The Bertz CT molecular complexity index is 626. The lowest BCUT2D eigenvalue weighted by Crippen LogP contribution is -2.15. The Morgan fingerprint density at radius 1 is 1.14 bits per heavy atom. The van der Waals surface area contributed by atoms with E-state index in [9.17, 15) is 0 Å². The van der Waals surface area contributed by atoms with Crippen molar-refractivity contribution in [3.63, 3.8) is 0 Å². The van der Waals surface area contributed by atoms with Crippen LogP contribution in [0.15, 0.2) is 42.5 Å². The van der Waals surface area contributed by atoms with Crippen LogP contribution in [0.4, 0.5) is 0 Å². The molecule has 0 amide bonds. The average Bonchev–Trinajstić information content (AvgIpc) is 3.31. The first-order valence-electron chi connectivity index (χ1n) is 7.09. The van der Waals surface area contributed by atoms with Gasteiger partial charge in [-0.2, -0.15) is 0 Å². The number of benzene rings is 2. The molecule has 1 fully saturated rings. The van der Waals surface area contributed by atoms with Crippen molar-refractivity contribution in [1.82, 2.24) is 5.32 Å². The summed E-state index contributed by atoms with van der Waals surface area (Å²) < 4.78 is 11.1. The number of hydrogen-bond acceptors (Lipinski definition) is 3. The largest absolute Gasteiger partial charge is 0.493 e. The van der Waals surface area contributed by atoms with Crippen molar-refractivity contribution in [3.05, 3.63) is 53.1 Å². The Kier molecular flexibility index (Phi) is 4.32. The quantitative estimate of drug-likeness (QED) is 0.858. The van der Waals surface area contributed by atoms with Crippen molar-refractivity contribution >= 4 is 11.6 Å². The Balaban J connectivity index is 1.71. The number of nitrogens with one attached hydrogen (secondary N) is 1. The summed E-state index contributed by atoms with van der Waals surface area (Å²) in [5.41, 5.74) is 1.09. The van der Waals surface area contributed by atoms with E-state index >= 15 is 0 Å². The van der Waals surface area contributed by atoms with Crippen LogP contribution in [0.3, 0.4) is 0 Å². The summed E-state index contributed by atoms with van der Waals surface area (Å²) in [6.07, 6.45) is 2.54. The first-order valence-corrected chi connectivity index (χ1v) is 7.47. The number of para-hydroxylation sites is 2. The zero-order valence-electron chi connectivity index (χ0n) is 11.9. The van der Waals surface area contributed by atoms with Crippen LogP contribution in [-0.2, 0) is 6.54 Å². The van der Waals surface area contributed by atoms with Crippen LogP contribution in [0, 0.1) is 0 Å². The topological polar surface area (TPSA) is 30.5 Å². The van der Waals surface area contributed by atoms with Gasteiger partial charge < -0.3 is 14.8 Å². The lowest BCUT2D eigenvalue weighted by Gasteiger charge is -2.12. The predicted molar refractivity (Wildman–Crippen MR) is 84.4 cm³/mol. The van der Waals surface area contributed by atoms with Gasteiger partial charge in [0, 0.05) is 17.6 Å². The van der Waals surface area contributed by atoms with Gasteiger partial charge in [-0.25, -0.2) is 0 Å². The highest BCUT2D eigenvalue weighted by Gasteiger charge is 2.20. The van der Waals surface area contributed by atoms with E-state index in [4.69, 9.17) is 21.1 Å². The molecule has 1 saturated carbocycles. The number of ether oxygens (including phenoxy) is 2. The zero-order valence-corrected chi connectivity index (χ0v) is 12.7. The van der Waals surface area contributed by atoms with Gasteiger partial charge in [-0.05, 0) is 42.7 Å². The molecule has 1 aliphatic rings. The fraction of sp³-hybridized carbons (Fsp3) is 0.294. The number of rotatable bonds is 6. The molecule has 21 heavy (non-hydrogen) atoms. The Morgan fingerprint density at radius 3 is 2.57 bits per heavy atom. The van der Waals surface area contributed by atoms with Gasteiger partial charge in [0.05, 0.1) is 7.11 Å².